The Morgan fingerprint density at radius 3 is 2.36 bits per heavy atom. The molecule has 0 aliphatic heterocycles. The summed E-state index contributed by atoms with van der Waals surface area (Å²) >= 11 is 0. The van der Waals surface area contributed by atoms with Crippen molar-refractivity contribution in [2.24, 2.45) is 5.73 Å². The van der Waals surface area contributed by atoms with Gasteiger partial charge in [0.25, 0.3) is 0 Å². The minimum Gasteiger partial charge on any atom is -0.395 e. The molecule has 3 heteroatoms. The molecule has 0 aromatic heterocycles. The molecule has 14 heavy (non-hydrogen) atoms. The molecule has 0 aliphatic rings. The van der Waals surface area contributed by atoms with Crippen LogP contribution in [0.1, 0.15) is 17.2 Å². The van der Waals surface area contributed by atoms with Crippen molar-refractivity contribution in [3.8, 4) is 0 Å². The number of nitrogens with two attached hydrogens (primary N) is 1. The van der Waals surface area contributed by atoms with Crippen molar-refractivity contribution in [1.82, 2.24) is 0 Å². The van der Waals surface area contributed by atoms with Gasteiger partial charge in [-0.1, -0.05) is 29.8 Å². The van der Waals surface area contributed by atoms with Crippen LogP contribution in [0.3, 0.4) is 0 Å². The van der Waals surface area contributed by atoms with E-state index in [1.165, 1.54) is 5.56 Å². The monoisotopic (exact) mass is 195 g/mol. The molecule has 0 radical (unpaired) electrons. The molecule has 78 valence electrons. The highest BCUT2D eigenvalue weighted by atomic mass is 16.5. The first-order valence-electron chi connectivity index (χ1n) is 4.65. The Labute approximate surface area is 84.5 Å². The number of methoxy groups -OCH3 is 1. The number of aryl methyl sites for hydroxylation is 1. The van der Waals surface area contributed by atoms with Crippen molar-refractivity contribution in [2.75, 3.05) is 13.7 Å². The third kappa shape index (κ3) is 2.54. The van der Waals surface area contributed by atoms with Gasteiger partial charge in [-0.05, 0) is 12.5 Å². The molecule has 3 N–H and O–H groups in total. The third-order valence-electron chi connectivity index (χ3n) is 2.26. The first-order valence-corrected chi connectivity index (χ1v) is 4.65. The standard InChI is InChI=1S/C11H17NO2/c1-8-3-5-9(6-4-8)11(14-2)10(12)7-13/h3-6,10-11,13H,7,12H2,1-2H3. The minimum absolute atomic E-state index is 0.0770. The fourth-order valence-electron chi connectivity index (χ4n) is 1.41. The van der Waals surface area contributed by atoms with Crippen LogP contribution in [0.2, 0.25) is 0 Å². The van der Waals surface area contributed by atoms with E-state index < -0.39 is 0 Å². The summed E-state index contributed by atoms with van der Waals surface area (Å²) in [6, 6.07) is 7.58. The van der Waals surface area contributed by atoms with Crippen molar-refractivity contribution in [1.29, 1.82) is 0 Å². The molecule has 0 spiro atoms. The lowest BCUT2D eigenvalue weighted by Crippen LogP contribution is -2.33. The van der Waals surface area contributed by atoms with Crippen molar-refractivity contribution in [3.63, 3.8) is 0 Å². The van der Waals surface area contributed by atoms with Gasteiger partial charge >= 0.3 is 0 Å². The Balaban J connectivity index is 2.84. The molecule has 1 aromatic rings. The zero-order chi connectivity index (χ0) is 10.6. The van der Waals surface area contributed by atoms with Crippen LogP contribution in [-0.2, 0) is 4.74 Å². The van der Waals surface area contributed by atoms with Crippen molar-refractivity contribution in [2.45, 2.75) is 19.1 Å². The van der Waals surface area contributed by atoms with Crippen LogP contribution in [0.15, 0.2) is 24.3 Å². The molecule has 0 heterocycles. The summed E-state index contributed by atoms with van der Waals surface area (Å²) in [7, 11) is 1.60. The van der Waals surface area contributed by atoms with Gasteiger partial charge in [-0.25, -0.2) is 0 Å². The van der Waals surface area contributed by atoms with Gasteiger partial charge in [-0.15, -0.1) is 0 Å². The van der Waals surface area contributed by atoms with Crippen LogP contribution >= 0.6 is 0 Å². The predicted molar refractivity (Wildman–Crippen MR) is 56.0 cm³/mol. The molecule has 0 saturated carbocycles. The quantitative estimate of drug-likeness (QED) is 0.753. The second kappa shape index (κ2) is 5.10. The van der Waals surface area contributed by atoms with Gasteiger partial charge in [0.05, 0.1) is 18.8 Å². The molecule has 0 amide bonds. The Bertz CT molecular complexity index is 271. The van der Waals surface area contributed by atoms with Crippen LogP contribution in [0, 0.1) is 6.92 Å². The molecule has 2 atom stereocenters. The highest BCUT2D eigenvalue weighted by Crippen LogP contribution is 2.19. The van der Waals surface area contributed by atoms with Crippen LogP contribution in [-0.4, -0.2) is 24.9 Å². The summed E-state index contributed by atoms with van der Waals surface area (Å²) in [5.74, 6) is 0. The smallest absolute Gasteiger partial charge is 0.0994 e. The SMILES string of the molecule is COC(c1ccc(C)cc1)C(N)CO. The van der Waals surface area contributed by atoms with E-state index in [-0.39, 0.29) is 18.8 Å². The van der Waals surface area contributed by atoms with Gasteiger partial charge < -0.3 is 15.6 Å². The van der Waals surface area contributed by atoms with E-state index in [4.69, 9.17) is 15.6 Å². The Morgan fingerprint density at radius 2 is 1.93 bits per heavy atom. The van der Waals surface area contributed by atoms with Gasteiger partial charge in [0, 0.05) is 7.11 Å². The first kappa shape index (κ1) is 11.2. The van der Waals surface area contributed by atoms with Crippen LogP contribution in [0.5, 0.6) is 0 Å². The highest BCUT2D eigenvalue weighted by molar-refractivity contribution is 5.24. The number of rotatable bonds is 4. The van der Waals surface area contributed by atoms with E-state index in [0.717, 1.165) is 5.56 Å². The molecule has 0 bridgehead atoms. The van der Waals surface area contributed by atoms with Gasteiger partial charge in [0.2, 0.25) is 0 Å². The Morgan fingerprint density at radius 1 is 1.36 bits per heavy atom. The summed E-state index contributed by atoms with van der Waals surface area (Å²) in [5, 5.41) is 8.95. The molecular formula is C11H17NO2. The lowest BCUT2D eigenvalue weighted by Gasteiger charge is -2.21. The molecule has 0 fully saturated rings. The number of aliphatic hydroxyl groups is 1. The van der Waals surface area contributed by atoms with Gasteiger partial charge in [0.1, 0.15) is 0 Å². The van der Waals surface area contributed by atoms with Gasteiger partial charge in [0.15, 0.2) is 0 Å². The number of benzene rings is 1. The summed E-state index contributed by atoms with van der Waals surface area (Å²) in [4.78, 5) is 0. The number of aliphatic hydroxyl groups excluding tert-OH is 1. The first-order chi connectivity index (χ1) is 6.69. The fourth-order valence-corrected chi connectivity index (χ4v) is 1.41. The van der Waals surface area contributed by atoms with E-state index in [9.17, 15) is 0 Å². The molecular weight excluding hydrogens is 178 g/mol. The minimum atomic E-state index is -0.372. The topological polar surface area (TPSA) is 55.5 Å². The molecule has 1 aromatic carbocycles. The van der Waals surface area contributed by atoms with Gasteiger partial charge in [-0.2, -0.15) is 0 Å². The van der Waals surface area contributed by atoms with Crippen LogP contribution in [0.25, 0.3) is 0 Å². The van der Waals surface area contributed by atoms with Gasteiger partial charge in [-0.3, -0.25) is 0 Å². The molecule has 3 nitrogen and oxygen atoms in total. The molecule has 0 saturated heterocycles. The maximum atomic E-state index is 8.95. The van der Waals surface area contributed by atoms with Crippen molar-refractivity contribution in [3.05, 3.63) is 35.4 Å². The summed E-state index contributed by atoms with van der Waals surface area (Å²) < 4.78 is 5.24. The van der Waals surface area contributed by atoms with E-state index in [2.05, 4.69) is 0 Å². The van der Waals surface area contributed by atoms with Crippen molar-refractivity contribution >= 4 is 0 Å². The lowest BCUT2D eigenvalue weighted by molar-refractivity contribution is 0.0590. The molecule has 1 rings (SSSR count). The zero-order valence-corrected chi connectivity index (χ0v) is 8.60. The van der Waals surface area contributed by atoms with E-state index in [1.54, 1.807) is 7.11 Å². The third-order valence-corrected chi connectivity index (χ3v) is 2.26. The number of hydrogen-bond donors (Lipinski definition) is 2. The second-order valence-corrected chi connectivity index (χ2v) is 3.41. The maximum Gasteiger partial charge on any atom is 0.0994 e. The lowest BCUT2D eigenvalue weighted by atomic mass is 10.0. The Kier molecular flexibility index (Phi) is 4.07. The Hall–Kier alpha value is -0.900. The average Bonchev–Trinajstić information content (AvgIpc) is 2.21. The number of hydrogen-bond acceptors (Lipinski definition) is 3. The molecule has 0 aliphatic carbocycles. The van der Waals surface area contributed by atoms with Crippen LogP contribution in [0.4, 0.5) is 0 Å². The normalized spacial score (nSPS) is 15.1. The van der Waals surface area contributed by atoms with E-state index in [1.807, 2.05) is 31.2 Å². The summed E-state index contributed by atoms with van der Waals surface area (Å²) in [5.41, 5.74) is 7.92. The predicted octanol–water partition coefficient (Wildman–Crippen LogP) is 1.00. The van der Waals surface area contributed by atoms with E-state index >= 15 is 0 Å². The average molecular weight is 195 g/mol. The van der Waals surface area contributed by atoms with Crippen LogP contribution < -0.4 is 5.73 Å². The van der Waals surface area contributed by atoms with E-state index in [0.29, 0.717) is 0 Å². The maximum absolute atomic E-state index is 8.95. The highest BCUT2D eigenvalue weighted by Gasteiger charge is 2.17. The summed E-state index contributed by atoms with van der Waals surface area (Å²) in [6.07, 6.45) is -0.236. The van der Waals surface area contributed by atoms with Crippen molar-refractivity contribution < 1.29 is 9.84 Å². The largest absolute Gasteiger partial charge is 0.395 e. The fraction of sp³-hybridized carbons (Fsp3) is 0.455. The molecule has 2 unspecified atom stereocenters. The second-order valence-electron chi connectivity index (χ2n) is 3.41. The number of ether oxygens (including phenoxy) is 1. The summed E-state index contributed by atoms with van der Waals surface area (Å²) in [6.45, 7) is 1.95. The zero-order valence-electron chi connectivity index (χ0n) is 8.60.